The maximum absolute atomic E-state index is 13.1. The quantitative estimate of drug-likeness (QED) is 0.607. The Morgan fingerprint density at radius 1 is 1.22 bits per heavy atom. The Hall–Kier alpha value is -2.21. The Bertz CT molecular complexity index is 980. The first kappa shape index (κ1) is 18.2. The number of piperidine rings is 1. The third-order valence-electron chi connectivity index (χ3n) is 5.29. The molecule has 140 valence electrons. The molecule has 3 aromatic rings. The van der Waals surface area contributed by atoms with Crippen LogP contribution in [0.15, 0.2) is 40.9 Å². The molecule has 1 fully saturated rings. The van der Waals surface area contributed by atoms with E-state index in [9.17, 15) is 4.79 Å². The predicted octanol–water partition coefficient (Wildman–Crippen LogP) is 4.74. The minimum Gasteiger partial charge on any atom is -0.335 e. The van der Waals surface area contributed by atoms with E-state index in [4.69, 9.17) is 5.10 Å². The molecule has 1 unspecified atom stereocenters. The van der Waals surface area contributed by atoms with Crippen LogP contribution in [0.4, 0.5) is 0 Å². The van der Waals surface area contributed by atoms with Gasteiger partial charge in [-0.3, -0.25) is 4.79 Å². The van der Waals surface area contributed by atoms with Gasteiger partial charge in [-0.15, -0.1) is 0 Å². The molecule has 0 aliphatic carbocycles. The number of carbonyl (C=O) groups excluding carboxylic acids is 1. The van der Waals surface area contributed by atoms with E-state index in [0.717, 1.165) is 52.9 Å². The largest absolute Gasteiger partial charge is 0.335 e. The van der Waals surface area contributed by atoms with Crippen molar-refractivity contribution in [1.82, 2.24) is 19.5 Å². The number of rotatable bonds is 3. The summed E-state index contributed by atoms with van der Waals surface area (Å²) >= 11 is 3.46. The van der Waals surface area contributed by atoms with E-state index in [1.165, 1.54) is 6.42 Å². The molecule has 3 heterocycles. The second-order valence-electron chi connectivity index (χ2n) is 7.14. The zero-order chi connectivity index (χ0) is 19.0. The van der Waals surface area contributed by atoms with Gasteiger partial charge in [-0.2, -0.15) is 5.10 Å². The van der Waals surface area contributed by atoms with Crippen LogP contribution in [-0.2, 0) is 6.42 Å². The zero-order valence-corrected chi connectivity index (χ0v) is 17.2. The Morgan fingerprint density at radius 2 is 2.00 bits per heavy atom. The first-order valence-corrected chi connectivity index (χ1v) is 10.3. The van der Waals surface area contributed by atoms with Gasteiger partial charge in [0.25, 0.3) is 5.91 Å². The third-order valence-corrected chi connectivity index (χ3v) is 5.81. The molecule has 1 aromatic carbocycles. The van der Waals surface area contributed by atoms with Crippen molar-refractivity contribution >= 4 is 27.5 Å². The summed E-state index contributed by atoms with van der Waals surface area (Å²) < 4.78 is 2.89. The molecule has 0 saturated carbocycles. The monoisotopic (exact) mass is 426 g/mol. The smallest absolute Gasteiger partial charge is 0.272 e. The standard InChI is InChI=1S/C21H23BrN4O/c1-3-17-12-19(21(27)25-11-5-4-6-14(25)2)23-20-13-18(24-26(17)20)15-7-9-16(22)10-8-15/h7-10,12-14H,3-6,11H2,1-2H3. The fourth-order valence-corrected chi connectivity index (χ4v) is 3.97. The van der Waals surface area contributed by atoms with E-state index >= 15 is 0 Å². The van der Waals surface area contributed by atoms with Gasteiger partial charge in [-0.05, 0) is 50.8 Å². The van der Waals surface area contributed by atoms with Crippen LogP contribution in [0.2, 0.25) is 0 Å². The van der Waals surface area contributed by atoms with Crippen molar-refractivity contribution in [1.29, 1.82) is 0 Å². The van der Waals surface area contributed by atoms with Crippen LogP contribution in [0, 0.1) is 0 Å². The van der Waals surface area contributed by atoms with E-state index in [2.05, 4.69) is 34.8 Å². The van der Waals surface area contributed by atoms with Crippen molar-refractivity contribution in [3.63, 3.8) is 0 Å². The second kappa shape index (κ2) is 7.43. The molecule has 1 atom stereocenters. The highest BCUT2D eigenvalue weighted by atomic mass is 79.9. The van der Waals surface area contributed by atoms with Crippen LogP contribution >= 0.6 is 15.9 Å². The van der Waals surface area contributed by atoms with Crippen LogP contribution in [0.25, 0.3) is 16.9 Å². The third kappa shape index (κ3) is 3.50. The van der Waals surface area contributed by atoms with E-state index in [-0.39, 0.29) is 11.9 Å². The normalized spacial score (nSPS) is 17.4. The molecule has 1 amide bonds. The number of aryl methyl sites for hydroxylation is 1. The number of aromatic nitrogens is 3. The van der Waals surface area contributed by atoms with Gasteiger partial charge in [0.05, 0.1) is 5.69 Å². The van der Waals surface area contributed by atoms with Crippen LogP contribution in [0.3, 0.4) is 0 Å². The van der Waals surface area contributed by atoms with Gasteiger partial charge in [-0.1, -0.05) is 35.0 Å². The molecule has 1 aliphatic heterocycles. The van der Waals surface area contributed by atoms with Crippen molar-refractivity contribution in [2.75, 3.05) is 6.54 Å². The lowest BCUT2D eigenvalue weighted by atomic mass is 10.0. The minimum absolute atomic E-state index is 0.0331. The summed E-state index contributed by atoms with van der Waals surface area (Å²) in [5.41, 5.74) is 4.14. The highest BCUT2D eigenvalue weighted by molar-refractivity contribution is 9.10. The maximum Gasteiger partial charge on any atom is 0.272 e. The molecule has 0 spiro atoms. The molecule has 6 heteroatoms. The molecule has 4 rings (SSSR count). The lowest BCUT2D eigenvalue weighted by Gasteiger charge is -2.33. The number of halogens is 1. The first-order chi connectivity index (χ1) is 13.1. The van der Waals surface area contributed by atoms with Crippen molar-refractivity contribution in [3.8, 4) is 11.3 Å². The molecule has 5 nitrogen and oxygen atoms in total. The van der Waals surface area contributed by atoms with E-state index in [1.54, 1.807) is 0 Å². The summed E-state index contributed by atoms with van der Waals surface area (Å²) in [6, 6.07) is 12.2. The summed E-state index contributed by atoms with van der Waals surface area (Å²) in [4.78, 5) is 19.7. The van der Waals surface area contributed by atoms with Crippen molar-refractivity contribution < 1.29 is 4.79 Å². The maximum atomic E-state index is 13.1. The summed E-state index contributed by atoms with van der Waals surface area (Å²) in [6.45, 7) is 5.02. The van der Waals surface area contributed by atoms with Gasteiger partial charge >= 0.3 is 0 Å². The Balaban J connectivity index is 1.75. The average molecular weight is 427 g/mol. The molecule has 0 radical (unpaired) electrons. The average Bonchev–Trinajstić information content (AvgIpc) is 3.11. The van der Waals surface area contributed by atoms with Gasteiger partial charge in [0.2, 0.25) is 0 Å². The first-order valence-electron chi connectivity index (χ1n) is 9.53. The van der Waals surface area contributed by atoms with Crippen LogP contribution < -0.4 is 0 Å². The van der Waals surface area contributed by atoms with E-state index in [0.29, 0.717) is 5.69 Å². The number of carbonyl (C=O) groups is 1. The van der Waals surface area contributed by atoms with Crippen LogP contribution in [-0.4, -0.2) is 38.0 Å². The van der Waals surface area contributed by atoms with E-state index in [1.807, 2.05) is 45.8 Å². The van der Waals surface area contributed by atoms with Gasteiger partial charge in [0.1, 0.15) is 5.69 Å². The molecule has 27 heavy (non-hydrogen) atoms. The highest BCUT2D eigenvalue weighted by Gasteiger charge is 2.26. The zero-order valence-electron chi connectivity index (χ0n) is 15.7. The molecular formula is C21H23BrN4O. The molecule has 0 bridgehead atoms. The summed E-state index contributed by atoms with van der Waals surface area (Å²) in [5.74, 6) is 0.0331. The van der Waals surface area contributed by atoms with Gasteiger partial charge in [0, 0.05) is 34.4 Å². The number of benzene rings is 1. The van der Waals surface area contributed by atoms with Gasteiger partial charge in [-0.25, -0.2) is 9.50 Å². The highest BCUT2D eigenvalue weighted by Crippen LogP contribution is 2.24. The fourth-order valence-electron chi connectivity index (χ4n) is 3.71. The van der Waals surface area contributed by atoms with E-state index < -0.39 is 0 Å². The lowest BCUT2D eigenvalue weighted by molar-refractivity contribution is 0.0629. The molecular weight excluding hydrogens is 404 g/mol. The van der Waals surface area contributed by atoms with Crippen molar-refractivity contribution in [2.45, 2.75) is 45.6 Å². The van der Waals surface area contributed by atoms with Gasteiger partial charge in [0.15, 0.2) is 5.65 Å². The van der Waals surface area contributed by atoms with Crippen LogP contribution in [0.5, 0.6) is 0 Å². The Labute approximate surface area is 167 Å². The van der Waals surface area contributed by atoms with Crippen molar-refractivity contribution in [3.05, 3.63) is 52.3 Å². The number of hydrogen-bond acceptors (Lipinski definition) is 3. The lowest BCUT2D eigenvalue weighted by Crippen LogP contribution is -2.42. The van der Waals surface area contributed by atoms with Gasteiger partial charge < -0.3 is 4.90 Å². The summed E-state index contributed by atoms with van der Waals surface area (Å²) in [6.07, 6.45) is 4.11. The number of nitrogens with zero attached hydrogens (tertiary/aromatic N) is 4. The number of fused-ring (bicyclic) bond motifs is 1. The predicted molar refractivity (Wildman–Crippen MR) is 110 cm³/mol. The molecule has 0 N–H and O–H groups in total. The molecule has 2 aromatic heterocycles. The summed E-state index contributed by atoms with van der Waals surface area (Å²) in [5, 5.41) is 4.73. The SMILES string of the molecule is CCc1cc(C(=O)N2CCCCC2C)nc2cc(-c3ccc(Br)cc3)nn12. The Morgan fingerprint density at radius 3 is 2.70 bits per heavy atom. The molecule has 1 aliphatic rings. The van der Waals surface area contributed by atoms with Crippen LogP contribution in [0.1, 0.15) is 49.3 Å². The number of hydrogen-bond donors (Lipinski definition) is 0. The number of likely N-dealkylation sites (tertiary alicyclic amines) is 1. The Kier molecular flexibility index (Phi) is 5.00. The topological polar surface area (TPSA) is 50.5 Å². The second-order valence-corrected chi connectivity index (χ2v) is 8.05. The molecule has 1 saturated heterocycles. The van der Waals surface area contributed by atoms with Crippen molar-refractivity contribution in [2.24, 2.45) is 0 Å². The fraction of sp³-hybridized carbons (Fsp3) is 0.381. The minimum atomic E-state index is 0.0331. The number of amides is 1. The summed E-state index contributed by atoms with van der Waals surface area (Å²) in [7, 11) is 0.